The molecule has 1 aliphatic rings. The Morgan fingerprint density at radius 2 is 2.03 bits per heavy atom. The predicted octanol–water partition coefficient (Wildman–Crippen LogP) is 3.14. The van der Waals surface area contributed by atoms with Gasteiger partial charge in [0.1, 0.15) is 10.6 Å². The molecular formula is C19H16FN7OS2. The first-order valence-electron chi connectivity index (χ1n) is 9.26. The minimum Gasteiger partial charge on any atom is -0.335 e. The number of carbonyl (C=O) groups is 1. The second kappa shape index (κ2) is 8.01. The van der Waals surface area contributed by atoms with Crippen molar-refractivity contribution in [2.75, 3.05) is 31.5 Å². The van der Waals surface area contributed by atoms with E-state index in [0.717, 1.165) is 29.5 Å². The van der Waals surface area contributed by atoms with Crippen LogP contribution >= 0.6 is 22.7 Å². The summed E-state index contributed by atoms with van der Waals surface area (Å²) in [6, 6.07) is 5.50. The van der Waals surface area contributed by atoms with Crippen LogP contribution in [0.4, 0.5) is 15.5 Å². The normalized spacial score (nSPS) is 14.2. The molecule has 1 aromatic carbocycles. The van der Waals surface area contributed by atoms with E-state index >= 15 is 0 Å². The summed E-state index contributed by atoms with van der Waals surface area (Å²) in [5.41, 5.74) is 3.33. The molecule has 3 aromatic heterocycles. The topological polar surface area (TPSA) is 95.9 Å². The largest absolute Gasteiger partial charge is 0.335 e. The Hall–Kier alpha value is -3.02. The van der Waals surface area contributed by atoms with Crippen LogP contribution in [0.1, 0.15) is 9.67 Å². The summed E-state index contributed by atoms with van der Waals surface area (Å²) in [5, 5.41) is 6.67. The van der Waals surface area contributed by atoms with E-state index in [1.165, 1.54) is 28.9 Å². The van der Waals surface area contributed by atoms with Crippen LogP contribution < -0.4 is 10.6 Å². The minimum absolute atomic E-state index is 0.0423. The third-order valence-electron chi connectivity index (χ3n) is 4.69. The SMILES string of the molecule is O=C(c1cnc(Nc2ncc(F)c(-c3ccc4scnc4c3)n2)s1)N1CCNCC1. The van der Waals surface area contributed by atoms with Crippen molar-refractivity contribution in [1.82, 2.24) is 30.2 Å². The minimum atomic E-state index is -0.524. The van der Waals surface area contributed by atoms with E-state index in [0.29, 0.717) is 28.7 Å². The molecule has 8 nitrogen and oxygen atoms in total. The molecule has 0 saturated carbocycles. The van der Waals surface area contributed by atoms with E-state index in [1.54, 1.807) is 16.5 Å². The second-order valence-electron chi connectivity index (χ2n) is 6.62. The summed E-state index contributed by atoms with van der Waals surface area (Å²) in [4.78, 5) is 31.8. The number of piperazine rings is 1. The van der Waals surface area contributed by atoms with Crippen molar-refractivity contribution in [3.05, 3.63) is 46.8 Å². The number of carbonyl (C=O) groups excluding carboxylic acids is 1. The Kier molecular flexibility index (Phi) is 5.07. The van der Waals surface area contributed by atoms with Crippen LogP contribution in [0.5, 0.6) is 0 Å². The van der Waals surface area contributed by atoms with Crippen molar-refractivity contribution in [3.8, 4) is 11.3 Å². The molecule has 0 aliphatic carbocycles. The Balaban J connectivity index is 1.37. The number of rotatable bonds is 4. The number of benzene rings is 1. The van der Waals surface area contributed by atoms with Crippen molar-refractivity contribution < 1.29 is 9.18 Å². The van der Waals surface area contributed by atoms with Gasteiger partial charge in [-0.1, -0.05) is 17.4 Å². The predicted molar refractivity (Wildman–Crippen MR) is 115 cm³/mol. The van der Waals surface area contributed by atoms with E-state index in [1.807, 2.05) is 12.1 Å². The van der Waals surface area contributed by atoms with Gasteiger partial charge in [0.15, 0.2) is 10.9 Å². The number of aromatic nitrogens is 4. The first-order valence-corrected chi connectivity index (χ1v) is 11.0. The first kappa shape index (κ1) is 19.0. The number of hydrogen-bond donors (Lipinski definition) is 2. The Morgan fingerprint density at radius 1 is 1.17 bits per heavy atom. The summed E-state index contributed by atoms with van der Waals surface area (Å²) in [7, 11) is 0. The molecule has 5 rings (SSSR count). The summed E-state index contributed by atoms with van der Waals surface area (Å²) in [5.74, 6) is -0.358. The molecule has 30 heavy (non-hydrogen) atoms. The summed E-state index contributed by atoms with van der Waals surface area (Å²) in [6.45, 7) is 2.92. The molecule has 0 bridgehead atoms. The van der Waals surface area contributed by atoms with E-state index in [9.17, 15) is 9.18 Å². The van der Waals surface area contributed by atoms with Gasteiger partial charge in [0.05, 0.1) is 28.1 Å². The Labute approximate surface area is 178 Å². The number of fused-ring (bicyclic) bond motifs is 1. The molecule has 1 aliphatic heterocycles. The third-order valence-corrected chi connectivity index (χ3v) is 6.40. The van der Waals surface area contributed by atoms with Crippen LogP contribution in [-0.2, 0) is 0 Å². The van der Waals surface area contributed by atoms with Gasteiger partial charge in [-0.15, -0.1) is 11.3 Å². The average Bonchev–Trinajstić information content (AvgIpc) is 3.44. The van der Waals surface area contributed by atoms with Gasteiger partial charge in [-0.25, -0.2) is 24.3 Å². The maximum Gasteiger partial charge on any atom is 0.265 e. The van der Waals surface area contributed by atoms with E-state index in [4.69, 9.17) is 0 Å². The highest BCUT2D eigenvalue weighted by Crippen LogP contribution is 2.28. The molecule has 152 valence electrons. The molecule has 11 heteroatoms. The van der Waals surface area contributed by atoms with Gasteiger partial charge < -0.3 is 15.5 Å². The zero-order valence-corrected chi connectivity index (χ0v) is 17.3. The maximum atomic E-state index is 14.4. The molecule has 4 heterocycles. The number of hydrogen-bond acceptors (Lipinski definition) is 9. The third kappa shape index (κ3) is 3.74. The standard InChI is InChI=1S/C19H16FN7OS2/c20-12-8-22-18(25-16(12)11-1-2-14-13(7-11)24-10-29-14)26-19-23-9-15(30-19)17(28)27-5-3-21-4-6-27/h1-2,7-10,21H,3-6H2,(H,22,23,25,26). The number of amides is 1. The van der Waals surface area contributed by atoms with Crippen molar-refractivity contribution in [1.29, 1.82) is 0 Å². The molecular weight excluding hydrogens is 425 g/mol. The highest BCUT2D eigenvalue weighted by Gasteiger charge is 2.20. The monoisotopic (exact) mass is 441 g/mol. The van der Waals surface area contributed by atoms with Crippen LogP contribution in [0.3, 0.4) is 0 Å². The lowest BCUT2D eigenvalue weighted by Crippen LogP contribution is -2.46. The van der Waals surface area contributed by atoms with Gasteiger partial charge in [0.2, 0.25) is 5.95 Å². The first-order chi connectivity index (χ1) is 14.7. The van der Waals surface area contributed by atoms with Crippen LogP contribution in [0.2, 0.25) is 0 Å². The number of halogens is 1. The summed E-state index contributed by atoms with van der Waals surface area (Å²) in [6.07, 6.45) is 2.66. The molecule has 4 aromatic rings. The van der Waals surface area contributed by atoms with Gasteiger partial charge in [0.25, 0.3) is 5.91 Å². The molecule has 0 atom stereocenters. The summed E-state index contributed by atoms with van der Waals surface area (Å²) < 4.78 is 15.4. The second-order valence-corrected chi connectivity index (χ2v) is 8.54. The molecule has 1 amide bonds. The lowest BCUT2D eigenvalue weighted by molar-refractivity contribution is 0.0740. The number of nitrogens with one attached hydrogen (secondary N) is 2. The van der Waals surface area contributed by atoms with Crippen LogP contribution in [0, 0.1) is 5.82 Å². The molecule has 2 N–H and O–H groups in total. The van der Waals surface area contributed by atoms with E-state index < -0.39 is 5.82 Å². The molecule has 0 unspecified atom stereocenters. The number of nitrogens with zero attached hydrogens (tertiary/aromatic N) is 5. The Morgan fingerprint density at radius 3 is 2.90 bits per heavy atom. The smallest absolute Gasteiger partial charge is 0.265 e. The van der Waals surface area contributed by atoms with Crippen LogP contribution in [0.15, 0.2) is 36.1 Å². The fourth-order valence-corrected chi connectivity index (χ4v) is 4.62. The van der Waals surface area contributed by atoms with Crippen LogP contribution in [0.25, 0.3) is 21.5 Å². The molecule has 1 saturated heterocycles. The average molecular weight is 442 g/mol. The molecule has 0 radical (unpaired) electrons. The Bertz CT molecular complexity index is 1220. The highest BCUT2D eigenvalue weighted by atomic mass is 32.1. The number of anilines is 2. The van der Waals surface area contributed by atoms with Crippen molar-refractivity contribution >= 4 is 49.9 Å². The quantitative estimate of drug-likeness (QED) is 0.502. The van der Waals surface area contributed by atoms with E-state index in [-0.39, 0.29) is 17.5 Å². The fourth-order valence-electron chi connectivity index (χ4n) is 3.19. The lowest BCUT2D eigenvalue weighted by atomic mass is 10.1. The van der Waals surface area contributed by atoms with Gasteiger partial charge in [-0.3, -0.25) is 4.79 Å². The maximum absolute atomic E-state index is 14.4. The van der Waals surface area contributed by atoms with Crippen molar-refractivity contribution in [3.63, 3.8) is 0 Å². The highest BCUT2D eigenvalue weighted by molar-refractivity contribution is 7.17. The van der Waals surface area contributed by atoms with Crippen LogP contribution in [-0.4, -0.2) is 56.9 Å². The number of thiazole rings is 2. The molecule has 1 fully saturated rings. The lowest BCUT2D eigenvalue weighted by Gasteiger charge is -2.26. The fraction of sp³-hybridized carbons (Fsp3) is 0.211. The van der Waals surface area contributed by atoms with Crippen molar-refractivity contribution in [2.24, 2.45) is 0 Å². The van der Waals surface area contributed by atoms with Crippen molar-refractivity contribution in [2.45, 2.75) is 0 Å². The zero-order valence-electron chi connectivity index (χ0n) is 15.6. The zero-order chi connectivity index (χ0) is 20.5. The molecule has 0 spiro atoms. The van der Waals surface area contributed by atoms with Gasteiger partial charge in [-0.2, -0.15) is 0 Å². The van der Waals surface area contributed by atoms with Gasteiger partial charge >= 0.3 is 0 Å². The van der Waals surface area contributed by atoms with Gasteiger partial charge in [-0.05, 0) is 12.1 Å². The summed E-state index contributed by atoms with van der Waals surface area (Å²) >= 11 is 2.75. The van der Waals surface area contributed by atoms with Gasteiger partial charge in [0, 0.05) is 31.7 Å². The van der Waals surface area contributed by atoms with E-state index in [2.05, 4.69) is 30.6 Å².